The smallest absolute Gasteiger partial charge is 0.227 e. The van der Waals surface area contributed by atoms with E-state index in [9.17, 15) is 4.79 Å². The molecule has 4 rings (SSSR count). The molecule has 7 heteroatoms. The minimum absolute atomic E-state index is 0.0336. The van der Waals surface area contributed by atoms with Crippen LogP contribution in [0.3, 0.4) is 0 Å². The first kappa shape index (κ1) is 15.3. The van der Waals surface area contributed by atoms with E-state index in [2.05, 4.69) is 20.0 Å². The summed E-state index contributed by atoms with van der Waals surface area (Å²) in [4.78, 5) is 24.8. The summed E-state index contributed by atoms with van der Waals surface area (Å²) in [6, 6.07) is 0. The zero-order valence-corrected chi connectivity index (χ0v) is 14.0. The number of nitrogens with zero attached hydrogens (tertiary/aromatic N) is 5. The van der Waals surface area contributed by atoms with E-state index in [1.54, 1.807) is 12.4 Å². The first-order valence-corrected chi connectivity index (χ1v) is 8.26. The van der Waals surface area contributed by atoms with Crippen molar-refractivity contribution in [2.24, 2.45) is 5.41 Å². The lowest BCUT2D eigenvalue weighted by Crippen LogP contribution is -2.31. The van der Waals surface area contributed by atoms with Gasteiger partial charge in [-0.15, -0.1) is 0 Å². The van der Waals surface area contributed by atoms with Crippen LogP contribution in [0.5, 0.6) is 0 Å². The van der Waals surface area contributed by atoms with Crippen molar-refractivity contribution in [2.45, 2.75) is 33.2 Å². The van der Waals surface area contributed by atoms with Crippen LogP contribution in [-0.2, 0) is 11.3 Å². The Labute approximate surface area is 140 Å². The van der Waals surface area contributed by atoms with Gasteiger partial charge in [0.2, 0.25) is 5.91 Å². The van der Waals surface area contributed by atoms with Gasteiger partial charge in [-0.25, -0.2) is 9.97 Å². The van der Waals surface area contributed by atoms with E-state index < -0.39 is 0 Å². The topological polar surface area (TPSA) is 75.4 Å². The Morgan fingerprint density at radius 1 is 1.25 bits per heavy atom. The SMILES string of the molecule is Cc1noc(C)c1CN1CCC2(CC(=O)N(c3cncnc3)C2)C1. The quantitative estimate of drug-likeness (QED) is 0.854. The Morgan fingerprint density at radius 2 is 2.04 bits per heavy atom. The van der Waals surface area contributed by atoms with Gasteiger partial charge in [-0.3, -0.25) is 9.69 Å². The molecule has 0 aliphatic carbocycles. The summed E-state index contributed by atoms with van der Waals surface area (Å²) in [6.07, 6.45) is 6.54. The number of rotatable bonds is 3. The summed E-state index contributed by atoms with van der Waals surface area (Å²) in [5, 5.41) is 4.03. The normalized spacial score (nSPS) is 24.4. The predicted molar refractivity (Wildman–Crippen MR) is 87.3 cm³/mol. The molecule has 0 bridgehead atoms. The van der Waals surface area contributed by atoms with E-state index in [-0.39, 0.29) is 11.3 Å². The predicted octanol–water partition coefficient (Wildman–Crippen LogP) is 1.71. The third-order valence-electron chi connectivity index (χ3n) is 5.26. The fourth-order valence-electron chi connectivity index (χ4n) is 3.95. The lowest BCUT2D eigenvalue weighted by atomic mass is 9.86. The summed E-state index contributed by atoms with van der Waals surface area (Å²) in [5.41, 5.74) is 2.96. The Bertz CT molecular complexity index is 740. The number of aryl methyl sites for hydroxylation is 2. The summed E-state index contributed by atoms with van der Waals surface area (Å²) in [6.45, 7) is 7.44. The van der Waals surface area contributed by atoms with E-state index in [4.69, 9.17) is 4.52 Å². The zero-order valence-electron chi connectivity index (χ0n) is 14.0. The molecule has 7 nitrogen and oxygen atoms in total. The summed E-state index contributed by atoms with van der Waals surface area (Å²) in [5.74, 6) is 1.06. The molecule has 2 aliphatic heterocycles. The summed E-state index contributed by atoms with van der Waals surface area (Å²) in [7, 11) is 0. The molecule has 126 valence electrons. The number of amides is 1. The fraction of sp³-hybridized carbons (Fsp3) is 0.529. The molecule has 2 fully saturated rings. The van der Waals surface area contributed by atoms with Gasteiger partial charge >= 0.3 is 0 Å². The van der Waals surface area contributed by atoms with E-state index in [0.717, 1.165) is 49.7 Å². The van der Waals surface area contributed by atoms with Crippen LogP contribution in [0.15, 0.2) is 23.2 Å². The summed E-state index contributed by atoms with van der Waals surface area (Å²) >= 11 is 0. The van der Waals surface area contributed by atoms with Gasteiger partial charge in [0.25, 0.3) is 0 Å². The molecule has 2 saturated heterocycles. The van der Waals surface area contributed by atoms with Gasteiger partial charge in [0.05, 0.1) is 23.8 Å². The van der Waals surface area contributed by atoms with Gasteiger partial charge in [0, 0.05) is 37.0 Å². The first-order chi connectivity index (χ1) is 11.6. The second kappa shape index (κ2) is 5.66. The molecule has 4 heterocycles. The van der Waals surface area contributed by atoms with E-state index >= 15 is 0 Å². The number of hydrogen-bond donors (Lipinski definition) is 0. The average Bonchev–Trinajstić information content (AvgIpc) is 3.22. The van der Waals surface area contributed by atoms with Crippen LogP contribution in [0.1, 0.15) is 29.9 Å². The molecule has 1 amide bonds. The molecule has 0 radical (unpaired) electrons. The van der Waals surface area contributed by atoms with Crippen molar-refractivity contribution < 1.29 is 9.32 Å². The van der Waals surface area contributed by atoms with Crippen molar-refractivity contribution in [2.75, 3.05) is 24.5 Å². The van der Waals surface area contributed by atoms with Crippen molar-refractivity contribution in [3.63, 3.8) is 0 Å². The Hall–Kier alpha value is -2.28. The van der Waals surface area contributed by atoms with Gasteiger partial charge in [-0.05, 0) is 26.8 Å². The Kier molecular flexibility index (Phi) is 3.60. The van der Waals surface area contributed by atoms with Crippen molar-refractivity contribution >= 4 is 11.6 Å². The third-order valence-corrected chi connectivity index (χ3v) is 5.26. The van der Waals surface area contributed by atoms with Crippen LogP contribution in [0.25, 0.3) is 0 Å². The van der Waals surface area contributed by atoms with Crippen LogP contribution in [-0.4, -0.2) is 45.6 Å². The minimum atomic E-state index is 0.0336. The number of hydrogen-bond acceptors (Lipinski definition) is 6. The maximum atomic E-state index is 12.5. The highest BCUT2D eigenvalue weighted by Crippen LogP contribution is 2.42. The lowest BCUT2D eigenvalue weighted by molar-refractivity contribution is -0.117. The molecule has 1 atom stereocenters. The molecular formula is C17H21N5O2. The standard InChI is InChI=1S/C17H21N5O2/c1-12-15(13(2)24-20-12)8-21-4-3-17(9-21)5-16(23)22(10-17)14-6-18-11-19-7-14/h6-7,11H,3-5,8-10H2,1-2H3. The van der Waals surface area contributed by atoms with Crippen LogP contribution < -0.4 is 4.90 Å². The van der Waals surface area contributed by atoms with Crippen LogP contribution in [0.2, 0.25) is 0 Å². The van der Waals surface area contributed by atoms with Gasteiger partial charge in [0.1, 0.15) is 12.1 Å². The van der Waals surface area contributed by atoms with Crippen LogP contribution in [0, 0.1) is 19.3 Å². The number of anilines is 1. The van der Waals surface area contributed by atoms with Crippen molar-refractivity contribution in [1.82, 2.24) is 20.0 Å². The average molecular weight is 327 g/mol. The molecule has 0 aromatic carbocycles. The Balaban J connectivity index is 1.47. The van der Waals surface area contributed by atoms with Crippen molar-refractivity contribution in [3.05, 3.63) is 35.7 Å². The molecule has 1 spiro atoms. The van der Waals surface area contributed by atoms with E-state index in [1.807, 2.05) is 18.7 Å². The summed E-state index contributed by atoms with van der Waals surface area (Å²) < 4.78 is 5.26. The minimum Gasteiger partial charge on any atom is -0.361 e. The number of aromatic nitrogens is 3. The van der Waals surface area contributed by atoms with Crippen LogP contribution >= 0.6 is 0 Å². The van der Waals surface area contributed by atoms with E-state index in [0.29, 0.717) is 6.42 Å². The maximum absolute atomic E-state index is 12.5. The first-order valence-electron chi connectivity index (χ1n) is 8.26. The van der Waals surface area contributed by atoms with Crippen LogP contribution in [0.4, 0.5) is 5.69 Å². The van der Waals surface area contributed by atoms with Gasteiger partial charge in [-0.2, -0.15) is 0 Å². The molecule has 2 aliphatic rings. The molecule has 0 saturated carbocycles. The van der Waals surface area contributed by atoms with Gasteiger partial charge in [-0.1, -0.05) is 5.16 Å². The zero-order chi connectivity index (χ0) is 16.7. The number of carbonyl (C=O) groups is 1. The van der Waals surface area contributed by atoms with E-state index in [1.165, 1.54) is 11.9 Å². The van der Waals surface area contributed by atoms with Gasteiger partial charge in [0.15, 0.2) is 0 Å². The highest BCUT2D eigenvalue weighted by atomic mass is 16.5. The molecule has 1 unspecified atom stereocenters. The van der Waals surface area contributed by atoms with Crippen molar-refractivity contribution in [1.29, 1.82) is 0 Å². The number of carbonyl (C=O) groups excluding carboxylic acids is 1. The fourth-order valence-corrected chi connectivity index (χ4v) is 3.95. The number of likely N-dealkylation sites (tertiary alicyclic amines) is 1. The highest BCUT2D eigenvalue weighted by molar-refractivity contribution is 5.96. The molecule has 24 heavy (non-hydrogen) atoms. The maximum Gasteiger partial charge on any atom is 0.227 e. The molecule has 2 aromatic heterocycles. The third kappa shape index (κ3) is 2.58. The lowest BCUT2D eigenvalue weighted by Gasteiger charge is -2.24. The second-order valence-electron chi connectivity index (χ2n) is 7.02. The molecule has 2 aromatic rings. The highest BCUT2D eigenvalue weighted by Gasteiger charge is 2.47. The second-order valence-corrected chi connectivity index (χ2v) is 7.02. The monoisotopic (exact) mass is 327 g/mol. The van der Waals surface area contributed by atoms with Gasteiger partial charge < -0.3 is 9.42 Å². The molecular weight excluding hydrogens is 306 g/mol. The largest absolute Gasteiger partial charge is 0.361 e. The Morgan fingerprint density at radius 3 is 2.75 bits per heavy atom. The van der Waals surface area contributed by atoms with Crippen molar-refractivity contribution in [3.8, 4) is 0 Å². The molecule has 0 N–H and O–H groups in total.